The summed E-state index contributed by atoms with van der Waals surface area (Å²) in [4.78, 5) is 10.9. The topological polar surface area (TPSA) is 34.7 Å². The van der Waals surface area contributed by atoms with E-state index >= 15 is 0 Å². The Morgan fingerprint density at radius 3 is 2.43 bits per heavy atom. The molecule has 0 unspecified atom stereocenters. The largest absolute Gasteiger partial charge is 0.495 e. The molecule has 2 aromatic carbocycles. The van der Waals surface area contributed by atoms with Crippen LogP contribution in [0.3, 0.4) is 0 Å². The van der Waals surface area contributed by atoms with E-state index in [1.807, 2.05) is 0 Å². The van der Waals surface area contributed by atoms with Gasteiger partial charge in [-0.3, -0.25) is 0 Å². The van der Waals surface area contributed by atoms with Crippen LogP contribution in [0.15, 0.2) is 48.7 Å². The van der Waals surface area contributed by atoms with Crippen LogP contribution in [0.1, 0.15) is 24.3 Å². The maximum atomic E-state index is 5.70. The number of rotatable bonds is 4. The van der Waals surface area contributed by atoms with Crippen molar-refractivity contribution in [2.24, 2.45) is 0 Å². The van der Waals surface area contributed by atoms with Crippen LogP contribution in [0.4, 0.5) is 11.4 Å². The van der Waals surface area contributed by atoms with E-state index in [0.717, 1.165) is 45.0 Å². The monoisotopic (exact) mass is 404 g/mol. The van der Waals surface area contributed by atoms with Gasteiger partial charge in [0.1, 0.15) is 5.75 Å². The molecule has 30 heavy (non-hydrogen) atoms. The van der Waals surface area contributed by atoms with Crippen molar-refractivity contribution in [3.8, 4) is 5.75 Å². The molecule has 0 atom stereocenters. The van der Waals surface area contributed by atoms with Crippen LogP contribution < -0.4 is 14.5 Å². The van der Waals surface area contributed by atoms with Crippen LogP contribution in [0, 0.1) is 0 Å². The number of para-hydroxylation sites is 1. The highest BCUT2D eigenvalue weighted by molar-refractivity contribution is 5.83. The van der Waals surface area contributed by atoms with Crippen molar-refractivity contribution in [2.75, 3.05) is 63.2 Å². The van der Waals surface area contributed by atoms with Gasteiger partial charge in [-0.25, -0.2) is 0 Å². The van der Waals surface area contributed by atoms with Crippen LogP contribution in [-0.4, -0.2) is 63.3 Å². The van der Waals surface area contributed by atoms with Gasteiger partial charge >= 0.3 is 0 Å². The van der Waals surface area contributed by atoms with Crippen molar-refractivity contribution in [2.45, 2.75) is 18.8 Å². The number of anilines is 2. The molecule has 3 aromatic rings. The molecule has 2 aliphatic heterocycles. The van der Waals surface area contributed by atoms with Crippen LogP contribution in [0.25, 0.3) is 10.9 Å². The molecular formula is C25H32N4O. The van der Waals surface area contributed by atoms with E-state index in [9.17, 15) is 0 Å². The SMILES string of the molecule is COc1ccc(N2CCC(c3c[nH]c4ccccc34)CC2)cc1N1CCN(C)CC1. The molecule has 5 heteroatoms. The van der Waals surface area contributed by atoms with E-state index in [1.54, 1.807) is 7.11 Å². The maximum Gasteiger partial charge on any atom is 0.142 e. The summed E-state index contributed by atoms with van der Waals surface area (Å²) >= 11 is 0. The fourth-order valence-corrected chi connectivity index (χ4v) is 5.05. The lowest BCUT2D eigenvalue weighted by molar-refractivity contribution is 0.311. The molecule has 0 aliphatic carbocycles. The van der Waals surface area contributed by atoms with Gasteiger partial charge in [0.25, 0.3) is 0 Å². The third kappa shape index (κ3) is 3.63. The zero-order valence-corrected chi connectivity index (χ0v) is 18.1. The van der Waals surface area contributed by atoms with Crippen molar-refractivity contribution >= 4 is 22.3 Å². The lowest BCUT2D eigenvalue weighted by Crippen LogP contribution is -2.44. The number of benzene rings is 2. The summed E-state index contributed by atoms with van der Waals surface area (Å²) in [6, 6.07) is 15.4. The first kappa shape index (κ1) is 19.3. The smallest absolute Gasteiger partial charge is 0.142 e. The van der Waals surface area contributed by atoms with Crippen LogP contribution in [0.5, 0.6) is 5.75 Å². The number of H-pyrrole nitrogens is 1. The van der Waals surface area contributed by atoms with Gasteiger partial charge in [0.15, 0.2) is 0 Å². The summed E-state index contributed by atoms with van der Waals surface area (Å²) in [6.07, 6.45) is 4.61. The average molecular weight is 405 g/mol. The fourth-order valence-electron chi connectivity index (χ4n) is 5.05. The molecule has 0 bridgehead atoms. The molecule has 5 rings (SSSR count). The number of piperidine rings is 1. The van der Waals surface area contributed by atoms with Gasteiger partial charge in [-0.05, 0) is 55.6 Å². The number of nitrogens with zero attached hydrogens (tertiary/aromatic N) is 3. The molecule has 1 aromatic heterocycles. The van der Waals surface area contributed by atoms with Crippen molar-refractivity contribution < 1.29 is 4.74 Å². The van der Waals surface area contributed by atoms with Gasteiger partial charge in [0.05, 0.1) is 12.8 Å². The molecule has 2 fully saturated rings. The summed E-state index contributed by atoms with van der Waals surface area (Å²) in [5.41, 5.74) is 5.30. The third-order valence-electron chi connectivity index (χ3n) is 6.93. The fraction of sp³-hybridized carbons (Fsp3) is 0.440. The predicted molar refractivity (Wildman–Crippen MR) is 125 cm³/mol. The first-order valence-electron chi connectivity index (χ1n) is 11.2. The van der Waals surface area contributed by atoms with Crippen molar-refractivity contribution in [1.82, 2.24) is 9.88 Å². The second-order valence-corrected chi connectivity index (χ2v) is 8.70. The normalized spacial score (nSPS) is 18.9. The number of piperazine rings is 1. The van der Waals surface area contributed by atoms with Gasteiger partial charge in [-0.15, -0.1) is 0 Å². The number of hydrogen-bond donors (Lipinski definition) is 1. The van der Waals surface area contributed by atoms with E-state index < -0.39 is 0 Å². The van der Waals surface area contributed by atoms with Gasteiger partial charge < -0.3 is 24.4 Å². The molecule has 2 aliphatic rings. The Morgan fingerprint density at radius 2 is 1.67 bits per heavy atom. The number of aromatic nitrogens is 1. The predicted octanol–water partition coefficient (Wildman–Crippen LogP) is 4.31. The molecular weight excluding hydrogens is 372 g/mol. The Morgan fingerprint density at radius 1 is 0.900 bits per heavy atom. The minimum atomic E-state index is 0.632. The number of hydrogen-bond acceptors (Lipinski definition) is 4. The Bertz CT molecular complexity index is 997. The second-order valence-electron chi connectivity index (χ2n) is 8.70. The number of methoxy groups -OCH3 is 1. The number of ether oxygens (including phenoxy) is 1. The Hall–Kier alpha value is -2.66. The standard InChI is InChI=1S/C25H32N4O/c1-27-13-15-29(16-14-27)24-17-20(7-8-25(24)30-2)28-11-9-19(10-12-28)22-18-26-23-6-4-3-5-21(22)23/h3-8,17-19,26H,9-16H2,1-2H3. The van der Waals surface area contributed by atoms with Crippen molar-refractivity contribution in [1.29, 1.82) is 0 Å². The number of nitrogens with one attached hydrogen (secondary N) is 1. The minimum Gasteiger partial charge on any atom is -0.495 e. The first-order chi connectivity index (χ1) is 14.7. The summed E-state index contributed by atoms with van der Waals surface area (Å²) in [5.74, 6) is 1.62. The van der Waals surface area contributed by atoms with E-state index in [-0.39, 0.29) is 0 Å². The van der Waals surface area contributed by atoms with Gasteiger partial charge in [0.2, 0.25) is 0 Å². The van der Waals surface area contributed by atoms with Crippen LogP contribution in [0.2, 0.25) is 0 Å². The second kappa shape index (κ2) is 8.23. The first-order valence-corrected chi connectivity index (χ1v) is 11.2. The summed E-state index contributed by atoms with van der Waals surface area (Å²) in [7, 11) is 3.98. The van der Waals surface area contributed by atoms with Gasteiger partial charge in [0, 0.05) is 62.1 Å². The highest BCUT2D eigenvalue weighted by Crippen LogP contribution is 2.37. The van der Waals surface area contributed by atoms with E-state index in [1.165, 1.54) is 40.7 Å². The van der Waals surface area contributed by atoms with Crippen LogP contribution in [-0.2, 0) is 0 Å². The van der Waals surface area contributed by atoms with Crippen LogP contribution >= 0.6 is 0 Å². The highest BCUT2D eigenvalue weighted by atomic mass is 16.5. The maximum absolute atomic E-state index is 5.70. The van der Waals surface area contributed by atoms with Gasteiger partial charge in [-0.2, -0.15) is 0 Å². The summed E-state index contributed by atoms with van der Waals surface area (Å²) < 4.78 is 5.70. The molecule has 2 saturated heterocycles. The lowest BCUT2D eigenvalue weighted by atomic mass is 9.89. The van der Waals surface area contributed by atoms with Gasteiger partial charge in [-0.1, -0.05) is 18.2 Å². The molecule has 0 radical (unpaired) electrons. The lowest BCUT2D eigenvalue weighted by Gasteiger charge is -2.37. The Labute approximate surface area is 179 Å². The average Bonchev–Trinajstić information content (AvgIpc) is 3.23. The van der Waals surface area contributed by atoms with Crippen molar-refractivity contribution in [3.05, 3.63) is 54.2 Å². The third-order valence-corrected chi connectivity index (χ3v) is 6.93. The zero-order chi connectivity index (χ0) is 20.5. The minimum absolute atomic E-state index is 0.632. The van der Waals surface area contributed by atoms with E-state index in [0.29, 0.717) is 5.92 Å². The molecule has 0 amide bonds. The summed E-state index contributed by atoms with van der Waals surface area (Å²) in [5, 5.41) is 1.39. The highest BCUT2D eigenvalue weighted by Gasteiger charge is 2.24. The number of aromatic amines is 1. The molecule has 3 heterocycles. The summed E-state index contributed by atoms with van der Waals surface area (Å²) in [6.45, 7) is 6.50. The molecule has 0 saturated carbocycles. The van der Waals surface area contributed by atoms with E-state index in [4.69, 9.17) is 4.74 Å². The van der Waals surface area contributed by atoms with E-state index in [2.05, 4.69) is 75.4 Å². The Balaban J connectivity index is 1.31. The molecule has 158 valence electrons. The Kier molecular flexibility index (Phi) is 5.30. The number of likely N-dealkylation sites (N-methyl/N-ethyl adjacent to an activating group) is 1. The molecule has 5 nitrogen and oxygen atoms in total. The molecule has 1 N–H and O–H groups in total. The zero-order valence-electron chi connectivity index (χ0n) is 18.1. The quantitative estimate of drug-likeness (QED) is 0.703. The molecule has 0 spiro atoms. The number of fused-ring (bicyclic) bond motifs is 1. The van der Waals surface area contributed by atoms with Crippen molar-refractivity contribution in [3.63, 3.8) is 0 Å².